The lowest BCUT2D eigenvalue weighted by Crippen LogP contribution is -2.38. The number of nitrogens with one attached hydrogen (secondary N) is 1. The molecule has 0 aliphatic heterocycles. The van der Waals surface area contributed by atoms with Gasteiger partial charge >= 0.3 is 0 Å². The van der Waals surface area contributed by atoms with Gasteiger partial charge in [0.05, 0.1) is 12.2 Å². The standard InChI is InChI=1S/C15H23Cl2NO/c1-5-18-13(10-19-15(2,3)4)8-11-6-7-12(16)9-14(11)17/h6-7,9,13,18H,5,8,10H2,1-4H3. The molecule has 0 amide bonds. The fourth-order valence-corrected chi connectivity index (χ4v) is 2.27. The molecule has 1 aromatic rings. The topological polar surface area (TPSA) is 21.3 Å². The van der Waals surface area contributed by atoms with Crippen LogP contribution in [0.3, 0.4) is 0 Å². The highest BCUT2D eigenvalue weighted by Crippen LogP contribution is 2.22. The van der Waals surface area contributed by atoms with E-state index in [0.717, 1.165) is 18.5 Å². The number of halogens is 2. The van der Waals surface area contributed by atoms with E-state index in [-0.39, 0.29) is 11.6 Å². The Kier molecular flexibility index (Phi) is 6.61. The number of hydrogen-bond donors (Lipinski definition) is 1. The van der Waals surface area contributed by atoms with Gasteiger partial charge in [-0.25, -0.2) is 0 Å². The van der Waals surface area contributed by atoms with Gasteiger partial charge in [-0.3, -0.25) is 0 Å². The summed E-state index contributed by atoms with van der Waals surface area (Å²) in [7, 11) is 0. The second-order valence-corrected chi connectivity index (χ2v) is 6.46. The molecule has 2 nitrogen and oxygen atoms in total. The summed E-state index contributed by atoms with van der Waals surface area (Å²) in [5.41, 5.74) is 0.965. The van der Waals surface area contributed by atoms with E-state index in [1.165, 1.54) is 0 Å². The summed E-state index contributed by atoms with van der Waals surface area (Å²) in [6.07, 6.45) is 0.833. The minimum Gasteiger partial charge on any atom is -0.374 e. The number of likely N-dealkylation sites (N-methyl/N-ethyl adjacent to an activating group) is 1. The third-order valence-electron chi connectivity index (χ3n) is 2.69. The smallest absolute Gasteiger partial charge is 0.0629 e. The van der Waals surface area contributed by atoms with Crippen LogP contribution < -0.4 is 5.32 Å². The molecular weight excluding hydrogens is 281 g/mol. The van der Waals surface area contributed by atoms with Gasteiger partial charge in [-0.2, -0.15) is 0 Å². The summed E-state index contributed by atoms with van der Waals surface area (Å²) in [6, 6.07) is 5.89. The Morgan fingerprint density at radius 1 is 1.26 bits per heavy atom. The first-order chi connectivity index (χ1) is 8.81. The fraction of sp³-hybridized carbons (Fsp3) is 0.600. The van der Waals surface area contributed by atoms with E-state index < -0.39 is 0 Å². The normalized spacial score (nSPS) is 13.6. The maximum absolute atomic E-state index is 6.21. The van der Waals surface area contributed by atoms with Gasteiger partial charge < -0.3 is 10.1 Å². The first-order valence-corrected chi connectivity index (χ1v) is 7.38. The van der Waals surface area contributed by atoms with Crippen molar-refractivity contribution in [3.63, 3.8) is 0 Å². The fourth-order valence-electron chi connectivity index (χ4n) is 1.78. The summed E-state index contributed by atoms with van der Waals surface area (Å²) in [4.78, 5) is 0. The number of benzene rings is 1. The predicted molar refractivity (Wildman–Crippen MR) is 83.3 cm³/mol. The zero-order valence-electron chi connectivity index (χ0n) is 12.1. The predicted octanol–water partition coefficient (Wildman–Crippen LogP) is 4.33. The maximum Gasteiger partial charge on any atom is 0.0629 e. The SMILES string of the molecule is CCNC(COC(C)(C)C)Cc1ccc(Cl)cc1Cl. The molecule has 1 aromatic carbocycles. The van der Waals surface area contributed by atoms with E-state index >= 15 is 0 Å². The Balaban J connectivity index is 2.67. The van der Waals surface area contributed by atoms with Gasteiger partial charge in [-0.1, -0.05) is 36.2 Å². The van der Waals surface area contributed by atoms with Crippen molar-refractivity contribution in [3.8, 4) is 0 Å². The van der Waals surface area contributed by atoms with Gasteiger partial charge in [0.15, 0.2) is 0 Å². The average molecular weight is 304 g/mol. The summed E-state index contributed by atoms with van der Waals surface area (Å²) in [6.45, 7) is 9.84. The van der Waals surface area contributed by atoms with Crippen LogP contribution in [0, 0.1) is 0 Å². The van der Waals surface area contributed by atoms with Crippen molar-refractivity contribution in [2.45, 2.75) is 45.8 Å². The lowest BCUT2D eigenvalue weighted by Gasteiger charge is -2.25. The van der Waals surface area contributed by atoms with Crippen LogP contribution in [0.1, 0.15) is 33.3 Å². The number of ether oxygens (including phenoxy) is 1. The lowest BCUT2D eigenvalue weighted by atomic mass is 10.1. The Morgan fingerprint density at radius 3 is 2.47 bits per heavy atom. The monoisotopic (exact) mass is 303 g/mol. The summed E-state index contributed by atoms with van der Waals surface area (Å²) in [5, 5.41) is 4.81. The van der Waals surface area contributed by atoms with Crippen molar-refractivity contribution < 1.29 is 4.74 Å². The third-order valence-corrected chi connectivity index (χ3v) is 3.28. The molecule has 1 N–H and O–H groups in total. The van der Waals surface area contributed by atoms with E-state index in [1.807, 2.05) is 12.1 Å². The van der Waals surface area contributed by atoms with E-state index in [0.29, 0.717) is 16.7 Å². The molecule has 1 rings (SSSR count). The van der Waals surface area contributed by atoms with Crippen LogP contribution in [0.15, 0.2) is 18.2 Å². The summed E-state index contributed by atoms with van der Waals surface area (Å²) < 4.78 is 5.85. The van der Waals surface area contributed by atoms with Gasteiger partial charge in [0.25, 0.3) is 0 Å². The zero-order valence-corrected chi connectivity index (χ0v) is 13.6. The third kappa shape index (κ3) is 6.62. The van der Waals surface area contributed by atoms with Crippen LogP contribution in [-0.2, 0) is 11.2 Å². The largest absolute Gasteiger partial charge is 0.374 e. The molecule has 0 radical (unpaired) electrons. The summed E-state index contributed by atoms with van der Waals surface area (Å²) in [5.74, 6) is 0. The van der Waals surface area contributed by atoms with Crippen molar-refractivity contribution in [2.24, 2.45) is 0 Å². The molecule has 19 heavy (non-hydrogen) atoms. The number of rotatable bonds is 6. The van der Waals surface area contributed by atoms with Gasteiger partial charge in [0.2, 0.25) is 0 Å². The second kappa shape index (κ2) is 7.49. The van der Waals surface area contributed by atoms with Crippen LogP contribution in [0.2, 0.25) is 10.0 Å². The van der Waals surface area contributed by atoms with E-state index in [2.05, 4.69) is 33.0 Å². The van der Waals surface area contributed by atoms with Gasteiger partial charge in [0.1, 0.15) is 0 Å². The molecule has 0 aliphatic carbocycles. The molecule has 0 aromatic heterocycles. The average Bonchev–Trinajstić information content (AvgIpc) is 2.28. The van der Waals surface area contributed by atoms with Crippen molar-refractivity contribution >= 4 is 23.2 Å². The van der Waals surface area contributed by atoms with Crippen molar-refractivity contribution in [3.05, 3.63) is 33.8 Å². The van der Waals surface area contributed by atoms with Gasteiger partial charge in [-0.15, -0.1) is 0 Å². The summed E-state index contributed by atoms with van der Waals surface area (Å²) >= 11 is 12.1. The molecule has 108 valence electrons. The quantitative estimate of drug-likeness (QED) is 0.844. The Labute approximate surface area is 126 Å². The molecular formula is C15H23Cl2NO. The van der Waals surface area contributed by atoms with Crippen molar-refractivity contribution in [2.75, 3.05) is 13.2 Å². The Hall–Kier alpha value is -0.280. The van der Waals surface area contributed by atoms with Crippen molar-refractivity contribution in [1.29, 1.82) is 0 Å². The van der Waals surface area contributed by atoms with E-state index in [9.17, 15) is 0 Å². The van der Waals surface area contributed by atoms with Crippen LogP contribution >= 0.6 is 23.2 Å². The van der Waals surface area contributed by atoms with Crippen LogP contribution in [-0.4, -0.2) is 24.8 Å². The zero-order chi connectivity index (χ0) is 14.5. The first kappa shape index (κ1) is 16.8. The van der Waals surface area contributed by atoms with Crippen LogP contribution in [0.4, 0.5) is 0 Å². The van der Waals surface area contributed by atoms with Gasteiger partial charge in [0, 0.05) is 16.1 Å². The van der Waals surface area contributed by atoms with E-state index in [4.69, 9.17) is 27.9 Å². The maximum atomic E-state index is 6.21. The minimum absolute atomic E-state index is 0.128. The molecule has 0 spiro atoms. The first-order valence-electron chi connectivity index (χ1n) is 6.63. The molecule has 0 fully saturated rings. The molecule has 4 heteroatoms. The molecule has 0 saturated heterocycles. The highest BCUT2D eigenvalue weighted by atomic mass is 35.5. The van der Waals surface area contributed by atoms with Crippen molar-refractivity contribution in [1.82, 2.24) is 5.32 Å². The molecule has 0 saturated carbocycles. The molecule has 0 bridgehead atoms. The Bertz CT molecular complexity index is 402. The number of hydrogen-bond acceptors (Lipinski definition) is 2. The lowest BCUT2D eigenvalue weighted by molar-refractivity contribution is -0.0141. The van der Waals surface area contributed by atoms with E-state index in [1.54, 1.807) is 6.07 Å². The molecule has 1 unspecified atom stereocenters. The molecule has 1 atom stereocenters. The molecule has 0 heterocycles. The minimum atomic E-state index is -0.128. The Morgan fingerprint density at radius 2 is 1.95 bits per heavy atom. The highest BCUT2D eigenvalue weighted by Gasteiger charge is 2.16. The second-order valence-electron chi connectivity index (χ2n) is 5.62. The molecule has 0 aliphatic rings. The highest BCUT2D eigenvalue weighted by molar-refractivity contribution is 6.35. The van der Waals surface area contributed by atoms with Crippen LogP contribution in [0.5, 0.6) is 0 Å². The van der Waals surface area contributed by atoms with Crippen LogP contribution in [0.25, 0.3) is 0 Å². The van der Waals surface area contributed by atoms with Gasteiger partial charge in [-0.05, 0) is 51.4 Å².